The smallest absolute Gasteiger partial charge is 0.360 e. The van der Waals surface area contributed by atoms with Gasteiger partial charge in [0.05, 0.1) is 12.8 Å². The maximum Gasteiger partial charge on any atom is 0.360 e. The predicted molar refractivity (Wildman–Crippen MR) is 50.9 cm³/mol. The lowest BCUT2D eigenvalue weighted by atomic mass is 10.3. The van der Waals surface area contributed by atoms with Gasteiger partial charge >= 0.3 is 5.97 Å². The monoisotopic (exact) mass is 197 g/mol. The van der Waals surface area contributed by atoms with Crippen LogP contribution in [0.2, 0.25) is 0 Å². The Morgan fingerprint density at radius 2 is 2.36 bits per heavy atom. The summed E-state index contributed by atoms with van der Waals surface area (Å²) >= 11 is 0. The van der Waals surface area contributed by atoms with Gasteiger partial charge < -0.3 is 4.74 Å². The lowest BCUT2D eigenvalue weighted by molar-refractivity contribution is 0.0519. The highest BCUT2D eigenvalue weighted by Crippen LogP contribution is 1.98. The zero-order chi connectivity index (χ0) is 10.4. The first-order valence-corrected chi connectivity index (χ1v) is 4.85. The zero-order valence-electron chi connectivity index (χ0n) is 8.56. The van der Waals surface area contributed by atoms with Crippen molar-refractivity contribution in [1.29, 1.82) is 0 Å². The number of aromatic nitrogens is 3. The molecule has 1 heterocycles. The number of esters is 1. The molecule has 0 aromatic carbocycles. The number of carbonyl (C=O) groups is 1. The van der Waals surface area contributed by atoms with Crippen LogP contribution >= 0.6 is 0 Å². The van der Waals surface area contributed by atoms with Gasteiger partial charge in [0.15, 0.2) is 5.69 Å². The topological polar surface area (TPSA) is 57.0 Å². The van der Waals surface area contributed by atoms with Gasteiger partial charge in [0.25, 0.3) is 0 Å². The Hall–Kier alpha value is -1.39. The van der Waals surface area contributed by atoms with Gasteiger partial charge in [-0.1, -0.05) is 18.6 Å². The Labute approximate surface area is 83.1 Å². The molecule has 0 aliphatic carbocycles. The first-order valence-electron chi connectivity index (χ1n) is 4.85. The second-order valence-corrected chi connectivity index (χ2v) is 2.94. The van der Waals surface area contributed by atoms with Crippen molar-refractivity contribution in [3.8, 4) is 0 Å². The predicted octanol–water partition coefficient (Wildman–Crippen LogP) is 1.25. The lowest BCUT2D eigenvalue weighted by Crippen LogP contribution is -2.04. The standard InChI is InChI=1S/C9H15N3O2/c1-3-5-6-12-7-8(10-11-12)9(13)14-4-2/h7H,3-6H2,1-2H3. The van der Waals surface area contributed by atoms with E-state index < -0.39 is 5.97 Å². The third-order valence-electron chi connectivity index (χ3n) is 1.76. The molecule has 0 spiro atoms. The minimum absolute atomic E-state index is 0.281. The molecule has 0 aliphatic heterocycles. The first-order chi connectivity index (χ1) is 6.77. The van der Waals surface area contributed by atoms with Crippen LogP contribution in [0.1, 0.15) is 37.2 Å². The highest BCUT2D eigenvalue weighted by molar-refractivity contribution is 5.86. The maximum absolute atomic E-state index is 11.2. The average Bonchev–Trinajstić information content (AvgIpc) is 2.63. The average molecular weight is 197 g/mol. The maximum atomic E-state index is 11.2. The molecule has 0 saturated heterocycles. The van der Waals surface area contributed by atoms with Crippen molar-refractivity contribution in [3.63, 3.8) is 0 Å². The fourth-order valence-electron chi connectivity index (χ4n) is 1.03. The normalized spacial score (nSPS) is 10.1. The molecule has 5 nitrogen and oxygen atoms in total. The summed E-state index contributed by atoms with van der Waals surface area (Å²) in [5.74, 6) is -0.407. The van der Waals surface area contributed by atoms with Gasteiger partial charge in [-0.05, 0) is 13.3 Å². The van der Waals surface area contributed by atoms with Crippen LogP contribution < -0.4 is 0 Å². The van der Waals surface area contributed by atoms with E-state index in [1.165, 1.54) is 0 Å². The fraction of sp³-hybridized carbons (Fsp3) is 0.667. The Morgan fingerprint density at radius 3 is 3.00 bits per heavy atom. The van der Waals surface area contributed by atoms with Gasteiger partial charge in [0.2, 0.25) is 0 Å². The Kier molecular flexibility index (Phi) is 4.10. The van der Waals surface area contributed by atoms with E-state index >= 15 is 0 Å². The summed E-state index contributed by atoms with van der Waals surface area (Å²) in [6, 6.07) is 0. The van der Waals surface area contributed by atoms with Gasteiger partial charge in [-0.15, -0.1) is 5.10 Å². The van der Waals surface area contributed by atoms with Crippen molar-refractivity contribution in [3.05, 3.63) is 11.9 Å². The molecule has 0 atom stereocenters. The van der Waals surface area contributed by atoms with Crippen LogP contribution in [0.4, 0.5) is 0 Å². The largest absolute Gasteiger partial charge is 0.461 e. The van der Waals surface area contributed by atoms with Crippen molar-refractivity contribution in [2.24, 2.45) is 0 Å². The highest BCUT2D eigenvalue weighted by atomic mass is 16.5. The van der Waals surface area contributed by atoms with Crippen molar-refractivity contribution < 1.29 is 9.53 Å². The number of hydrogen-bond donors (Lipinski definition) is 0. The van der Waals surface area contributed by atoms with Crippen LogP contribution in [-0.4, -0.2) is 27.6 Å². The zero-order valence-corrected chi connectivity index (χ0v) is 8.56. The van der Waals surface area contributed by atoms with E-state index in [1.807, 2.05) is 0 Å². The summed E-state index contributed by atoms with van der Waals surface area (Å²) in [6.07, 6.45) is 3.74. The second kappa shape index (κ2) is 5.36. The molecule has 0 bridgehead atoms. The van der Waals surface area contributed by atoms with Gasteiger partial charge in [0, 0.05) is 6.54 Å². The molecule has 0 aliphatic rings. The van der Waals surface area contributed by atoms with Gasteiger partial charge in [-0.2, -0.15) is 0 Å². The van der Waals surface area contributed by atoms with E-state index in [-0.39, 0.29) is 5.69 Å². The third-order valence-corrected chi connectivity index (χ3v) is 1.76. The number of unbranched alkanes of at least 4 members (excludes halogenated alkanes) is 1. The molecule has 0 amide bonds. The van der Waals surface area contributed by atoms with Crippen molar-refractivity contribution in [2.45, 2.75) is 33.2 Å². The molecule has 1 aromatic heterocycles. The minimum atomic E-state index is -0.407. The van der Waals surface area contributed by atoms with Crippen LogP contribution in [0, 0.1) is 0 Å². The molecule has 0 N–H and O–H groups in total. The van der Waals surface area contributed by atoms with Crippen LogP contribution in [-0.2, 0) is 11.3 Å². The van der Waals surface area contributed by atoms with Crippen molar-refractivity contribution in [2.75, 3.05) is 6.61 Å². The fourth-order valence-corrected chi connectivity index (χ4v) is 1.03. The van der Waals surface area contributed by atoms with Crippen LogP contribution in [0.5, 0.6) is 0 Å². The SMILES string of the molecule is CCCCn1cc(C(=O)OCC)nn1. The Bertz CT molecular complexity index is 296. The first kappa shape index (κ1) is 10.7. The van der Waals surface area contributed by atoms with Crippen LogP contribution in [0.3, 0.4) is 0 Å². The lowest BCUT2D eigenvalue weighted by Gasteiger charge is -1.96. The van der Waals surface area contributed by atoms with E-state index in [0.717, 1.165) is 19.4 Å². The van der Waals surface area contributed by atoms with Gasteiger partial charge in [-0.25, -0.2) is 4.79 Å². The molecule has 0 fully saturated rings. The minimum Gasteiger partial charge on any atom is -0.461 e. The van der Waals surface area contributed by atoms with Gasteiger partial charge in [-0.3, -0.25) is 4.68 Å². The molecule has 0 unspecified atom stereocenters. The van der Waals surface area contributed by atoms with Crippen molar-refractivity contribution >= 4 is 5.97 Å². The molecule has 1 aromatic rings. The molecule has 5 heteroatoms. The summed E-state index contributed by atoms with van der Waals surface area (Å²) in [7, 11) is 0. The quantitative estimate of drug-likeness (QED) is 0.667. The van der Waals surface area contributed by atoms with E-state index in [2.05, 4.69) is 17.2 Å². The molecule has 78 valence electrons. The van der Waals surface area contributed by atoms with E-state index in [9.17, 15) is 4.79 Å². The number of hydrogen-bond acceptors (Lipinski definition) is 4. The molecule has 1 rings (SSSR count). The second-order valence-electron chi connectivity index (χ2n) is 2.94. The summed E-state index contributed by atoms with van der Waals surface area (Å²) in [5, 5.41) is 7.55. The van der Waals surface area contributed by atoms with Crippen molar-refractivity contribution in [1.82, 2.24) is 15.0 Å². The molecule has 0 radical (unpaired) electrons. The number of carbonyl (C=O) groups excluding carboxylic acids is 1. The number of aryl methyl sites for hydroxylation is 1. The van der Waals surface area contributed by atoms with Crippen LogP contribution in [0.15, 0.2) is 6.20 Å². The number of rotatable bonds is 5. The van der Waals surface area contributed by atoms with Gasteiger partial charge in [0.1, 0.15) is 0 Å². The van der Waals surface area contributed by atoms with E-state index in [4.69, 9.17) is 4.74 Å². The highest BCUT2D eigenvalue weighted by Gasteiger charge is 2.10. The summed E-state index contributed by atoms with van der Waals surface area (Å²) in [6.45, 7) is 5.02. The third kappa shape index (κ3) is 2.83. The molecule has 0 saturated carbocycles. The van der Waals surface area contributed by atoms with E-state index in [1.54, 1.807) is 17.8 Å². The number of ether oxygens (including phenoxy) is 1. The summed E-state index contributed by atoms with van der Waals surface area (Å²) in [4.78, 5) is 11.2. The van der Waals surface area contributed by atoms with Crippen LogP contribution in [0.25, 0.3) is 0 Å². The Balaban J connectivity index is 2.54. The Morgan fingerprint density at radius 1 is 1.57 bits per heavy atom. The van der Waals surface area contributed by atoms with E-state index in [0.29, 0.717) is 6.61 Å². The molecular formula is C9H15N3O2. The number of nitrogens with zero attached hydrogens (tertiary/aromatic N) is 3. The summed E-state index contributed by atoms with van der Waals surface area (Å²) in [5.41, 5.74) is 0.281. The molecule has 14 heavy (non-hydrogen) atoms. The summed E-state index contributed by atoms with van der Waals surface area (Å²) < 4.78 is 6.45. The molecular weight excluding hydrogens is 182 g/mol.